The molecule has 0 radical (unpaired) electrons. The number of fused-ring (bicyclic) bond motifs is 3. The first kappa shape index (κ1) is 23.4. The maximum absolute atomic E-state index is 12.7. The van der Waals surface area contributed by atoms with Crippen LogP contribution < -0.4 is 10.6 Å². The molecule has 1 aromatic heterocycles. The molecule has 0 saturated heterocycles. The normalized spacial score (nSPS) is 13.9. The number of aryl methyl sites for hydroxylation is 1. The van der Waals surface area contributed by atoms with Crippen molar-refractivity contribution >= 4 is 29.3 Å². The van der Waals surface area contributed by atoms with Crippen molar-refractivity contribution in [2.24, 2.45) is 0 Å². The Kier molecular flexibility index (Phi) is 6.93. The zero-order valence-corrected chi connectivity index (χ0v) is 19.6. The molecule has 176 valence electrons. The van der Waals surface area contributed by atoms with Gasteiger partial charge in [-0.3, -0.25) is 9.59 Å². The molecule has 3 aromatic rings. The van der Waals surface area contributed by atoms with Gasteiger partial charge in [-0.05, 0) is 36.1 Å². The number of carbonyl (C=O) groups excluding carboxylic acids is 2. The molecule has 9 heteroatoms. The van der Waals surface area contributed by atoms with Crippen molar-refractivity contribution in [1.82, 2.24) is 15.6 Å². The number of hydrogen-bond donors (Lipinski definition) is 3. The summed E-state index contributed by atoms with van der Waals surface area (Å²) in [6.45, 7) is 3.66. The number of rotatable bonds is 8. The van der Waals surface area contributed by atoms with E-state index in [-0.39, 0.29) is 12.5 Å². The summed E-state index contributed by atoms with van der Waals surface area (Å²) in [6.07, 6.45) is -1.42. The van der Waals surface area contributed by atoms with E-state index < -0.39 is 36.5 Å². The van der Waals surface area contributed by atoms with Crippen LogP contribution in [0.1, 0.15) is 47.1 Å². The number of thiazole rings is 1. The number of hydrogen-bond acceptors (Lipinski definition) is 6. The molecule has 3 N–H and O–H groups in total. The Morgan fingerprint density at radius 2 is 1.68 bits per heavy atom. The molecule has 0 saturated carbocycles. The third kappa shape index (κ3) is 5.09. The molecule has 1 heterocycles. The Morgan fingerprint density at radius 1 is 1.06 bits per heavy atom. The largest absolute Gasteiger partial charge is 0.481 e. The van der Waals surface area contributed by atoms with E-state index in [0.717, 1.165) is 27.9 Å². The van der Waals surface area contributed by atoms with Gasteiger partial charge in [0, 0.05) is 17.0 Å². The molecule has 2 aromatic carbocycles. The second kappa shape index (κ2) is 10.0. The molecule has 0 bridgehead atoms. The molecule has 0 spiro atoms. The number of carbonyl (C=O) groups is 3. The van der Waals surface area contributed by atoms with Crippen LogP contribution in [0.3, 0.4) is 0 Å². The smallest absolute Gasteiger partial charge is 0.407 e. The quantitative estimate of drug-likeness (QED) is 0.449. The Morgan fingerprint density at radius 3 is 2.24 bits per heavy atom. The highest BCUT2D eigenvalue weighted by Crippen LogP contribution is 2.44. The summed E-state index contributed by atoms with van der Waals surface area (Å²) in [5, 5.41) is 16.9. The molecular weight excluding hydrogens is 454 g/mol. The predicted octanol–water partition coefficient (Wildman–Crippen LogP) is 4.01. The Balaban J connectivity index is 1.40. The third-order valence-corrected chi connectivity index (χ3v) is 6.84. The average molecular weight is 480 g/mol. The molecule has 2 atom stereocenters. The highest BCUT2D eigenvalue weighted by molar-refractivity contribution is 7.09. The van der Waals surface area contributed by atoms with Gasteiger partial charge in [0.05, 0.1) is 12.5 Å². The van der Waals surface area contributed by atoms with Gasteiger partial charge in [0.25, 0.3) is 0 Å². The van der Waals surface area contributed by atoms with E-state index in [2.05, 4.69) is 15.6 Å². The van der Waals surface area contributed by atoms with E-state index in [9.17, 15) is 19.5 Å². The van der Waals surface area contributed by atoms with Crippen LogP contribution in [0.4, 0.5) is 4.79 Å². The van der Waals surface area contributed by atoms with E-state index in [4.69, 9.17) is 4.74 Å². The summed E-state index contributed by atoms with van der Waals surface area (Å²) in [7, 11) is 0. The van der Waals surface area contributed by atoms with Crippen LogP contribution in [0.15, 0.2) is 53.9 Å². The van der Waals surface area contributed by atoms with E-state index in [0.29, 0.717) is 5.01 Å². The molecule has 8 nitrogen and oxygen atoms in total. The fourth-order valence-electron chi connectivity index (χ4n) is 4.11. The monoisotopic (exact) mass is 479 g/mol. The Bertz CT molecular complexity index is 1180. The van der Waals surface area contributed by atoms with Gasteiger partial charge >= 0.3 is 12.1 Å². The van der Waals surface area contributed by atoms with Crippen LogP contribution in [0.25, 0.3) is 11.1 Å². The van der Waals surface area contributed by atoms with Gasteiger partial charge in [0.2, 0.25) is 5.91 Å². The standard InChI is InChI=1S/C25H25N3O5S/c1-14-13-34-24(26-14)15(2)27-23(31)21(11-22(29)30)28-25(32)33-12-20-18-9-5-3-7-16(18)17-8-4-6-10-19(17)20/h3-10,13,15,20-21H,11-12H2,1-2H3,(H,27,31)(H,28,32)(H,29,30). The SMILES string of the molecule is Cc1csc(C(C)NC(=O)C(CC(=O)O)NC(=O)OCC2c3ccccc3-c3ccccc32)n1. The summed E-state index contributed by atoms with van der Waals surface area (Å²) in [5.41, 5.74) is 5.15. The molecule has 1 aliphatic rings. The second-order valence-electron chi connectivity index (χ2n) is 8.18. The molecular formula is C25H25N3O5S. The minimum absolute atomic E-state index is 0.0655. The number of benzene rings is 2. The van der Waals surface area contributed by atoms with Gasteiger partial charge in [-0.15, -0.1) is 11.3 Å². The molecule has 2 unspecified atom stereocenters. The first-order chi connectivity index (χ1) is 16.3. The molecule has 0 fully saturated rings. The van der Waals surface area contributed by atoms with Crippen molar-refractivity contribution in [2.45, 2.75) is 38.3 Å². The van der Waals surface area contributed by atoms with Crippen LogP contribution in [0, 0.1) is 6.92 Å². The van der Waals surface area contributed by atoms with Crippen LogP contribution in [-0.4, -0.2) is 40.7 Å². The number of ether oxygens (including phenoxy) is 1. The molecule has 0 aliphatic heterocycles. The number of alkyl carbamates (subject to hydrolysis) is 1. The highest BCUT2D eigenvalue weighted by atomic mass is 32.1. The van der Waals surface area contributed by atoms with Crippen molar-refractivity contribution in [1.29, 1.82) is 0 Å². The van der Waals surface area contributed by atoms with Gasteiger partial charge in [0.1, 0.15) is 17.7 Å². The first-order valence-electron chi connectivity index (χ1n) is 10.9. The zero-order chi connectivity index (χ0) is 24.2. The van der Waals surface area contributed by atoms with E-state index >= 15 is 0 Å². The lowest BCUT2D eigenvalue weighted by atomic mass is 9.98. The lowest BCUT2D eigenvalue weighted by molar-refractivity contribution is -0.140. The summed E-state index contributed by atoms with van der Waals surface area (Å²) < 4.78 is 5.46. The van der Waals surface area contributed by atoms with Crippen molar-refractivity contribution in [3.05, 3.63) is 75.7 Å². The highest BCUT2D eigenvalue weighted by Gasteiger charge is 2.30. The van der Waals surface area contributed by atoms with Gasteiger partial charge in [-0.25, -0.2) is 9.78 Å². The molecule has 2 amide bonds. The number of nitrogens with zero attached hydrogens (tertiary/aromatic N) is 1. The van der Waals surface area contributed by atoms with Crippen molar-refractivity contribution in [2.75, 3.05) is 6.61 Å². The average Bonchev–Trinajstić information content (AvgIpc) is 3.38. The van der Waals surface area contributed by atoms with Crippen molar-refractivity contribution in [3.63, 3.8) is 0 Å². The second-order valence-corrected chi connectivity index (χ2v) is 9.07. The zero-order valence-electron chi connectivity index (χ0n) is 18.8. The summed E-state index contributed by atoms with van der Waals surface area (Å²) in [4.78, 5) is 40.9. The van der Waals surface area contributed by atoms with Crippen molar-refractivity contribution in [3.8, 4) is 11.1 Å². The van der Waals surface area contributed by atoms with Gasteiger partial charge in [0.15, 0.2) is 0 Å². The molecule has 1 aliphatic carbocycles. The van der Waals surface area contributed by atoms with Crippen LogP contribution >= 0.6 is 11.3 Å². The fourth-order valence-corrected chi connectivity index (χ4v) is 4.92. The fraction of sp³-hybridized carbons (Fsp3) is 0.280. The van der Waals surface area contributed by atoms with Gasteiger partial charge < -0.3 is 20.5 Å². The van der Waals surface area contributed by atoms with Crippen LogP contribution in [-0.2, 0) is 14.3 Å². The number of carboxylic acid groups (broad SMARTS) is 1. The predicted molar refractivity (Wildman–Crippen MR) is 128 cm³/mol. The van der Waals surface area contributed by atoms with E-state index in [1.54, 1.807) is 6.92 Å². The number of amides is 2. The number of aliphatic carboxylic acids is 1. The van der Waals surface area contributed by atoms with Crippen LogP contribution in [0.5, 0.6) is 0 Å². The molecule has 4 rings (SSSR count). The maximum atomic E-state index is 12.7. The lowest BCUT2D eigenvalue weighted by Gasteiger charge is -2.20. The van der Waals surface area contributed by atoms with Crippen LogP contribution in [0.2, 0.25) is 0 Å². The minimum atomic E-state index is -1.28. The number of aromatic nitrogens is 1. The van der Waals surface area contributed by atoms with Gasteiger partial charge in [-0.1, -0.05) is 48.5 Å². The Hall–Kier alpha value is -3.72. The van der Waals surface area contributed by atoms with Crippen molar-refractivity contribution < 1.29 is 24.2 Å². The topological polar surface area (TPSA) is 118 Å². The minimum Gasteiger partial charge on any atom is -0.481 e. The maximum Gasteiger partial charge on any atom is 0.407 e. The first-order valence-corrected chi connectivity index (χ1v) is 11.8. The molecule has 34 heavy (non-hydrogen) atoms. The lowest BCUT2D eigenvalue weighted by Crippen LogP contribution is -2.48. The van der Waals surface area contributed by atoms with E-state index in [1.165, 1.54) is 11.3 Å². The summed E-state index contributed by atoms with van der Waals surface area (Å²) in [5.74, 6) is -1.97. The summed E-state index contributed by atoms with van der Waals surface area (Å²) >= 11 is 1.40. The number of nitrogens with one attached hydrogen (secondary N) is 2. The third-order valence-electron chi connectivity index (χ3n) is 5.70. The number of carboxylic acids is 1. The summed E-state index contributed by atoms with van der Waals surface area (Å²) in [6, 6.07) is 14.2. The van der Waals surface area contributed by atoms with Gasteiger partial charge in [-0.2, -0.15) is 0 Å². The van der Waals surface area contributed by atoms with E-state index in [1.807, 2.05) is 60.8 Å². The Labute approximate surface area is 201 Å².